The van der Waals surface area contributed by atoms with Crippen LogP contribution in [0.25, 0.3) is 5.52 Å². The standard InChI is InChI=1S/C20H20N4O3/c25-19(21-13-15-9-6-12-27-15)17-16-10-4-5-11-24(16)18(23-17)20(26)22-14-7-2-1-3-8-14/h1-5,7-8,10-11,15H,6,9,12-13H2,(H,21,25)(H,22,26). The molecule has 27 heavy (non-hydrogen) atoms. The van der Waals surface area contributed by atoms with Crippen molar-refractivity contribution in [2.24, 2.45) is 0 Å². The molecule has 0 bridgehead atoms. The van der Waals surface area contributed by atoms with Gasteiger partial charge in [-0.3, -0.25) is 14.0 Å². The fraction of sp³-hybridized carbons (Fsp3) is 0.250. The lowest BCUT2D eigenvalue weighted by molar-refractivity contribution is 0.0855. The van der Waals surface area contributed by atoms with Gasteiger partial charge in [0.25, 0.3) is 11.8 Å². The van der Waals surface area contributed by atoms with Crippen LogP contribution in [-0.2, 0) is 4.74 Å². The minimum atomic E-state index is -0.374. The van der Waals surface area contributed by atoms with Crippen LogP contribution < -0.4 is 10.6 Å². The number of rotatable bonds is 5. The number of imidazole rings is 1. The molecular weight excluding hydrogens is 344 g/mol. The predicted octanol–water partition coefficient (Wildman–Crippen LogP) is 2.50. The molecule has 7 heteroatoms. The lowest BCUT2D eigenvalue weighted by Gasteiger charge is -2.09. The zero-order valence-electron chi connectivity index (χ0n) is 14.7. The molecule has 0 radical (unpaired) electrons. The van der Waals surface area contributed by atoms with Crippen LogP contribution >= 0.6 is 0 Å². The number of anilines is 1. The van der Waals surface area contributed by atoms with Crippen LogP contribution in [-0.4, -0.2) is 40.5 Å². The minimum absolute atomic E-state index is 0.0451. The van der Waals surface area contributed by atoms with E-state index in [2.05, 4.69) is 15.6 Å². The van der Waals surface area contributed by atoms with E-state index >= 15 is 0 Å². The van der Waals surface area contributed by atoms with Crippen molar-refractivity contribution in [2.75, 3.05) is 18.5 Å². The molecule has 3 aromatic rings. The minimum Gasteiger partial charge on any atom is -0.376 e. The van der Waals surface area contributed by atoms with Gasteiger partial charge in [0.15, 0.2) is 5.69 Å². The highest BCUT2D eigenvalue weighted by molar-refractivity contribution is 6.06. The number of aromatic nitrogens is 2. The van der Waals surface area contributed by atoms with Gasteiger partial charge in [0.1, 0.15) is 0 Å². The molecule has 138 valence electrons. The summed E-state index contributed by atoms with van der Waals surface area (Å²) in [5.41, 5.74) is 1.48. The number of nitrogens with one attached hydrogen (secondary N) is 2. The first-order chi connectivity index (χ1) is 13.2. The molecule has 0 saturated carbocycles. The molecule has 2 aromatic heterocycles. The van der Waals surface area contributed by atoms with Crippen LogP contribution in [0.1, 0.15) is 33.9 Å². The van der Waals surface area contributed by atoms with Gasteiger partial charge < -0.3 is 15.4 Å². The highest BCUT2D eigenvalue weighted by Gasteiger charge is 2.23. The molecular formula is C20H20N4O3. The van der Waals surface area contributed by atoms with E-state index < -0.39 is 0 Å². The zero-order chi connectivity index (χ0) is 18.6. The number of pyridine rings is 1. The van der Waals surface area contributed by atoms with Crippen LogP contribution in [0, 0.1) is 0 Å². The summed E-state index contributed by atoms with van der Waals surface area (Å²) in [5.74, 6) is -0.523. The van der Waals surface area contributed by atoms with Crippen molar-refractivity contribution in [3.8, 4) is 0 Å². The Kier molecular flexibility index (Phi) is 4.84. The third-order valence-corrected chi connectivity index (χ3v) is 4.51. The maximum atomic E-state index is 12.7. The van der Waals surface area contributed by atoms with Crippen molar-refractivity contribution in [3.63, 3.8) is 0 Å². The van der Waals surface area contributed by atoms with Crippen molar-refractivity contribution < 1.29 is 14.3 Å². The number of carbonyl (C=O) groups is 2. The van der Waals surface area contributed by atoms with Crippen molar-refractivity contribution in [3.05, 3.63) is 66.2 Å². The van der Waals surface area contributed by atoms with E-state index in [0.717, 1.165) is 19.4 Å². The van der Waals surface area contributed by atoms with E-state index in [9.17, 15) is 9.59 Å². The second-order valence-corrected chi connectivity index (χ2v) is 6.41. The Balaban J connectivity index is 1.58. The maximum Gasteiger partial charge on any atom is 0.292 e. The van der Waals surface area contributed by atoms with Crippen LogP contribution in [0.3, 0.4) is 0 Å². The summed E-state index contributed by atoms with van der Waals surface area (Å²) in [6, 6.07) is 14.5. The number of hydrogen-bond acceptors (Lipinski definition) is 4. The van der Waals surface area contributed by atoms with Gasteiger partial charge in [-0.1, -0.05) is 24.3 Å². The van der Waals surface area contributed by atoms with Crippen LogP contribution in [0.4, 0.5) is 5.69 Å². The van der Waals surface area contributed by atoms with E-state index in [1.807, 2.05) is 24.3 Å². The number of nitrogens with zero attached hydrogens (tertiary/aromatic N) is 2. The molecule has 1 aromatic carbocycles. The molecule has 1 aliphatic heterocycles. The highest BCUT2D eigenvalue weighted by atomic mass is 16.5. The lowest BCUT2D eigenvalue weighted by Crippen LogP contribution is -2.32. The molecule has 1 aliphatic rings. The third-order valence-electron chi connectivity index (χ3n) is 4.51. The number of amides is 2. The molecule has 1 fully saturated rings. The van der Waals surface area contributed by atoms with Crippen molar-refractivity contribution >= 4 is 23.0 Å². The summed E-state index contributed by atoms with van der Waals surface area (Å²) < 4.78 is 7.16. The van der Waals surface area contributed by atoms with Gasteiger partial charge in [-0.15, -0.1) is 0 Å². The number of ether oxygens (including phenoxy) is 1. The van der Waals surface area contributed by atoms with Gasteiger partial charge in [-0.2, -0.15) is 0 Å². The topological polar surface area (TPSA) is 84.7 Å². The first kappa shape index (κ1) is 17.2. The van der Waals surface area contributed by atoms with Crippen molar-refractivity contribution in [1.82, 2.24) is 14.7 Å². The fourth-order valence-electron chi connectivity index (χ4n) is 3.17. The number of para-hydroxylation sites is 1. The Hall–Kier alpha value is -3.19. The predicted molar refractivity (Wildman–Crippen MR) is 101 cm³/mol. The SMILES string of the molecule is O=C(NCC1CCCO1)c1nc(C(=O)Nc2ccccc2)n2ccccc12. The summed E-state index contributed by atoms with van der Waals surface area (Å²) in [6.07, 6.45) is 3.72. The van der Waals surface area contributed by atoms with E-state index in [4.69, 9.17) is 4.74 Å². The smallest absolute Gasteiger partial charge is 0.292 e. The number of benzene rings is 1. The Morgan fingerprint density at radius 1 is 1.11 bits per heavy atom. The van der Waals surface area contributed by atoms with Gasteiger partial charge >= 0.3 is 0 Å². The van der Waals surface area contributed by atoms with Crippen molar-refractivity contribution in [1.29, 1.82) is 0 Å². The van der Waals surface area contributed by atoms with Crippen LogP contribution in [0.2, 0.25) is 0 Å². The van der Waals surface area contributed by atoms with E-state index in [1.165, 1.54) is 0 Å². The average Bonchev–Trinajstić information content (AvgIpc) is 3.35. The Labute approximate surface area is 156 Å². The van der Waals surface area contributed by atoms with E-state index in [1.54, 1.807) is 34.9 Å². The Morgan fingerprint density at radius 3 is 2.70 bits per heavy atom. The molecule has 2 N–H and O–H groups in total. The molecule has 2 amide bonds. The summed E-state index contributed by atoms with van der Waals surface area (Å²) in [7, 11) is 0. The van der Waals surface area contributed by atoms with Crippen LogP contribution in [0.5, 0.6) is 0 Å². The maximum absolute atomic E-state index is 12.7. The summed E-state index contributed by atoms with van der Waals surface area (Å²) >= 11 is 0. The molecule has 0 aliphatic carbocycles. The second-order valence-electron chi connectivity index (χ2n) is 6.41. The normalized spacial score (nSPS) is 16.4. The van der Waals surface area contributed by atoms with Crippen LogP contribution in [0.15, 0.2) is 54.7 Å². The first-order valence-corrected chi connectivity index (χ1v) is 8.95. The van der Waals surface area contributed by atoms with Gasteiger partial charge in [0, 0.05) is 25.0 Å². The number of hydrogen-bond donors (Lipinski definition) is 2. The molecule has 1 unspecified atom stereocenters. The first-order valence-electron chi connectivity index (χ1n) is 8.95. The zero-order valence-corrected chi connectivity index (χ0v) is 14.7. The molecule has 3 heterocycles. The monoisotopic (exact) mass is 364 g/mol. The number of fused-ring (bicyclic) bond motifs is 1. The second kappa shape index (κ2) is 7.59. The Morgan fingerprint density at radius 2 is 1.93 bits per heavy atom. The van der Waals surface area contributed by atoms with Gasteiger partial charge in [-0.05, 0) is 37.1 Å². The lowest BCUT2D eigenvalue weighted by atomic mass is 10.2. The van der Waals surface area contributed by atoms with Crippen molar-refractivity contribution in [2.45, 2.75) is 18.9 Å². The largest absolute Gasteiger partial charge is 0.376 e. The molecule has 7 nitrogen and oxygen atoms in total. The molecule has 4 rings (SSSR count). The van der Waals surface area contributed by atoms with E-state index in [0.29, 0.717) is 17.7 Å². The van der Waals surface area contributed by atoms with Gasteiger partial charge in [-0.25, -0.2) is 4.98 Å². The van der Waals surface area contributed by atoms with Gasteiger partial charge in [0.05, 0.1) is 11.6 Å². The Bertz CT molecular complexity index is 962. The molecule has 1 atom stereocenters. The fourth-order valence-corrected chi connectivity index (χ4v) is 3.17. The molecule has 0 spiro atoms. The summed E-state index contributed by atoms with van der Waals surface area (Å²) in [4.78, 5) is 29.6. The molecule has 1 saturated heterocycles. The third kappa shape index (κ3) is 3.68. The summed E-state index contributed by atoms with van der Waals surface area (Å²) in [5, 5.41) is 5.67. The summed E-state index contributed by atoms with van der Waals surface area (Å²) in [6.45, 7) is 1.17. The average molecular weight is 364 g/mol. The number of carbonyl (C=O) groups excluding carboxylic acids is 2. The van der Waals surface area contributed by atoms with Gasteiger partial charge in [0.2, 0.25) is 5.82 Å². The van der Waals surface area contributed by atoms with E-state index in [-0.39, 0.29) is 29.4 Å². The quantitative estimate of drug-likeness (QED) is 0.728. The highest BCUT2D eigenvalue weighted by Crippen LogP contribution is 2.16.